The zero-order chi connectivity index (χ0) is 20.5. The molecular formula is C25H19ClN4. The van der Waals surface area contributed by atoms with Gasteiger partial charge in [0.1, 0.15) is 5.82 Å². The molecule has 0 aliphatic rings. The van der Waals surface area contributed by atoms with Crippen molar-refractivity contribution in [3.05, 3.63) is 102 Å². The molecule has 5 heteroatoms. The highest BCUT2D eigenvalue weighted by molar-refractivity contribution is 6.31. The summed E-state index contributed by atoms with van der Waals surface area (Å²) in [7, 11) is 0. The molecule has 2 heterocycles. The van der Waals surface area contributed by atoms with Crippen LogP contribution in [-0.2, 0) is 0 Å². The molecule has 5 rings (SSSR count). The molecule has 0 unspecified atom stereocenters. The molecule has 0 atom stereocenters. The number of anilines is 2. The van der Waals surface area contributed by atoms with Crippen LogP contribution in [0.15, 0.2) is 91.1 Å². The van der Waals surface area contributed by atoms with Gasteiger partial charge in [0.05, 0.1) is 11.9 Å². The summed E-state index contributed by atoms with van der Waals surface area (Å²) in [6.45, 7) is 1.99. The van der Waals surface area contributed by atoms with Crippen LogP contribution in [0.5, 0.6) is 0 Å². The Morgan fingerprint density at radius 2 is 1.53 bits per heavy atom. The number of fused-ring (bicyclic) bond motifs is 1. The lowest BCUT2D eigenvalue weighted by Crippen LogP contribution is -2.03. The Kier molecular flexibility index (Phi) is 4.69. The molecule has 0 saturated heterocycles. The van der Waals surface area contributed by atoms with E-state index in [-0.39, 0.29) is 0 Å². The predicted molar refractivity (Wildman–Crippen MR) is 123 cm³/mol. The Labute approximate surface area is 179 Å². The molecule has 4 nitrogen and oxygen atoms in total. The number of nitrogens with zero attached hydrogens (tertiary/aromatic N) is 3. The highest BCUT2D eigenvalue weighted by Crippen LogP contribution is 2.30. The maximum atomic E-state index is 6.33. The summed E-state index contributed by atoms with van der Waals surface area (Å²) < 4.78 is 1.84. The molecule has 0 bridgehead atoms. The fraction of sp³-hybridized carbons (Fsp3) is 0.0400. The number of hydrogen-bond acceptors (Lipinski definition) is 3. The van der Waals surface area contributed by atoms with Crippen LogP contribution in [0.2, 0.25) is 5.02 Å². The van der Waals surface area contributed by atoms with Gasteiger partial charge in [-0.15, -0.1) is 0 Å². The highest BCUT2D eigenvalue weighted by Gasteiger charge is 2.14. The van der Waals surface area contributed by atoms with Gasteiger partial charge in [0.25, 0.3) is 0 Å². The minimum absolute atomic E-state index is 0.721. The average Bonchev–Trinajstić information content (AvgIpc) is 3.22. The van der Waals surface area contributed by atoms with Crippen LogP contribution in [0.4, 0.5) is 11.5 Å². The van der Waals surface area contributed by atoms with E-state index in [0.29, 0.717) is 0 Å². The van der Waals surface area contributed by atoms with Crippen molar-refractivity contribution in [2.75, 3.05) is 5.32 Å². The van der Waals surface area contributed by atoms with Crippen molar-refractivity contribution >= 4 is 28.8 Å². The first-order valence-corrected chi connectivity index (χ1v) is 10.1. The lowest BCUT2D eigenvalue weighted by atomic mass is 10.1. The molecule has 0 aliphatic heterocycles. The molecule has 0 radical (unpaired) electrons. The van der Waals surface area contributed by atoms with E-state index in [1.165, 1.54) is 0 Å². The lowest BCUT2D eigenvalue weighted by Gasteiger charge is -2.12. The normalized spacial score (nSPS) is 11.0. The average molecular weight is 411 g/mol. The van der Waals surface area contributed by atoms with Crippen LogP contribution in [0.1, 0.15) is 5.56 Å². The van der Waals surface area contributed by atoms with E-state index >= 15 is 0 Å². The standard InChI is InChI=1S/C25H19ClN4/c1-17-12-13-20(14-22(17)26)28-24-15-23(19-10-6-3-7-11-19)29-25-21(16-27-30(24)25)18-8-4-2-5-9-18/h2-16,28H,1H3. The molecule has 0 saturated carbocycles. The summed E-state index contributed by atoms with van der Waals surface area (Å²) in [5.74, 6) is 0.820. The predicted octanol–water partition coefficient (Wildman–Crippen LogP) is 6.77. The summed E-state index contributed by atoms with van der Waals surface area (Å²) in [6, 6.07) is 28.3. The highest BCUT2D eigenvalue weighted by atomic mass is 35.5. The monoisotopic (exact) mass is 410 g/mol. The molecule has 1 N–H and O–H groups in total. The number of aromatic nitrogens is 3. The molecule has 146 valence electrons. The molecule has 5 aromatic rings. The zero-order valence-corrected chi connectivity index (χ0v) is 17.1. The van der Waals surface area contributed by atoms with Gasteiger partial charge in [-0.25, -0.2) is 4.98 Å². The van der Waals surface area contributed by atoms with E-state index in [4.69, 9.17) is 16.6 Å². The smallest absolute Gasteiger partial charge is 0.165 e. The van der Waals surface area contributed by atoms with Crippen molar-refractivity contribution in [3.8, 4) is 22.4 Å². The Hall–Kier alpha value is -3.63. The van der Waals surface area contributed by atoms with Crippen molar-refractivity contribution < 1.29 is 0 Å². The summed E-state index contributed by atoms with van der Waals surface area (Å²) in [5.41, 5.74) is 6.72. The first-order valence-electron chi connectivity index (χ1n) is 9.72. The molecule has 30 heavy (non-hydrogen) atoms. The number of nitrogens with one attached hydrogen (secondary N) is 1. The summed E-state index contributed by atoms with van der Waals surface area (Å²) >= 11 is 6.33. The minimum atomic E-state index is 0.721. The van der Waals surface area contributed by atoms with Gasteiger partial charge in [-0.2, -0.15) is 9.61 Å². The van der Waals surface area contributed by atoms with E-state index in [1.807, 2.05) is 78.3 Å². The molecule has 3 aromatic carbocycles. The fourth-order valence-electron chi connectivity index (χ4n) is 3.45. The summed E-state index contributed by atoms with van der Waals surface area (Å²) in [4.78, 5) is 4.95. The third-order valence-electron chi connectivity index (χ3n) is 5.07. The van der Waals surface area contributed by atoms with E-state index in [0.717, 1.165) is 50.1 Å². The van der Waals surface area contributed by atoms with Gasteiger partial charge in [-0.05, 0) is 30.2 Å². The largest absolute Gasteiger partial charge is 0.340 e. The number of rotatable bonds is 4. The zero-order valence-electron chi connectivity index (χ0n) is 16.4. The first-order chi connectivity index (χ1) is 14.7. The van der Waals surface area contributed by atoms with E-state index in [1.54, 1.807) is 0 Å². The summed E-state index contributed by atoms with van der Waals surface area (Å²) in [5, 5.41) is 8.81. The van der Waals surface area contributed by atoms with E-state index in [9.17, 15) is 0 Å². The summed E-state index contributed by atoms with van der Waals surface area (Å²) in [6.07, 6.45) is 1.86. The SMILES string of the molecule is Cc1ccc(Nc2cc(-c3ccccc3)nc3c(-c4ccccc4)cnn23)cc1Cl. The Morgan fingerprint density at radius 3 is 2.23 bits per heavy atom. The second-order valence-corrected chi connectivity index (χ2v) is 7.55. The van der Waals surface area contributed by atoms with Gasteiger partial charge in [-0.3, -0.25) is 0 Å². The van der Waals surface area contributed by atoms with Gasteiger partial charge >= 0.3 is 0 Å². The van der Waals surface area contributed by atoms with E-state index in [2.05, 4.69) is 34.7 Å². The fourth-order valence-corrected chi connectivity index (χ4v) is 3.63. The van der Waals surface area contributed by atoms with Gasteiger partial charge in [-0.1, -0.05) is 78.3 Å². The molecule has 0 amide bonds. The van der Waals surface area contributed by atoms with Crippen molar-refractivity contribution in [2.45, 2.75) is 6.92 Å². The van der Waals surface area contributed by atoms with Crippen molar-refractivity contribution in [1.82, 2.24) is 14.6 Å². The van der Waals surface area contributed by atoms with Crippen molar-refractivity contribution in [1.29, 1.82) is 0 Å². The topological polar surface area (TPSA) is 42.2 Å². The second-order valence-electron chi connectivity index (χ2n) is 7.14. The number of hydrogen-bond donors (Lipinski definition) is 1. The van der Waals surface area contributed by atoms with E-state index < -0.39 is 0 Å². The van der Waals surface area contributed by atoms with Crippen LogP contribution in [-0.4, -0.2) is 14.6 Å². The van der Waals surface area contributed by atoms with Crippen molar-refractivity contribution in [2.24, 2.45) is 0 Å². The molecular weight excluding hydrogens is 392 g/mol. The van der Waals surface area contributed by atoms with Gasteiger partial charge in [0.15, 0.2) is 5.65 Å². The maximum Gasteiger partial charge on any atom is 0.165 e. The Morgan fingerprint density at radius 1 is 0.833 bits per heavy atom. The third-order valence-corrected chi connectivity index (χ3v) is 5.48. The van der Waals surface area contributed by atoms with Crippen LogP contribution in [0, 0.1) is 6.92 Å². The lowest BCUT2D eigenvalue weighted by molar-refractivity contribution is 0.949. The van der Waals surface area contributed by atoms with Gasteiger partial charge in [0, 0.05) is 27.9 Å². The second kappa shape index (κ2) is 7.65. The number of aryl methyl sites for hydroxylation is 1. The minimum Gasteiger partial charge on any atom is -0.340 e. The van der Waals surface area contributed by atoms with Crippen LogP contribution >= 0.6 is 11.6 Å². The molecule has 0 aliphatic carbocycles. The quantitative estimate of drug-likeness (QED) is 0.355. The molecule has 0 spiro atoms. The maximum absolute atomic E-state index is 6.33. The Balaban J connectivity index is 1.70. The van der Waals surface area contributed by atoms with Crippen LogP contribution < -0.4 is 5.32 Å². The molecule has 2 aromatic heterocycles. The molecule has 0 fully saturated rings. The van der Waals surface area contributed by atoms with Crippen LogP contribution in [0.25, 0.3) is 28.0 Å². The number of halogens is 1. The van der Waals surface area contributed by atoms with Crippen LogP contribution in [0.3, 0.4) is 0 Å². The third kappa shape index (κ3) is 3.42. The first kappa shape index (κ1) is 18.4. The van der Waals surface area contributed by atoms with Gasteiger partial charge in [0.2, 0.25) is 0 Å². The number of benzene rings is 3. The Bertz CT molecular complexity index is 1330. The van der Waals surface area contributed by atoms with Crippen molar-refractivity contribution in [3.63, 3.8) is 0 Å². The van der Waals surface area contributed by atoms with Gasteiger partial charge < -0.3 is 5.32 Å².